The van der Waals surface area contributed by atoms with Gasteiger partial charge in [0.05, 0.1) is 30.6 Å². The van der Waals surface area contributed by atoms with Crippen LogP contribution in [0.25, 0.3) is 0 Å². The molecule has 4 rings (SSSR count). The van der Waals surface area contributed by atoms with Crippen LogP contribution in [0.4, 0.5) is 0 Å². The molecule has 2 saturated heterocycles. The third-order valence-electron chi connectivity index (χ3n) is 5.19. The Bertz CT molecular complexity index is 1080. The molecule has 10 nitrogen and oxygen atoms in total. The molecule has 2 aliphatic heterocycles. The van der Waals surface area contributed by atoms with Gasteiger partial charge < -0.3 is 23.7 Å². The van der Waals surface area contributed by atoms with Crippen LogP contribution in [0.15, 0.2) is 60.7 Å². The van der Waals surface area contributed by atoms with E-state index in [1.807, 2.05) is 0 Å². The van der Waals surface area contributed by atoms with Crippen molar-refractivity contribution in [2.24, 2.45) is 0 Å². The summed E-state index contributed by atoms with van der Waals surface area (Å²) in [6, 6.07) is 16.5. The number of benzene rings is 2. The molecule has 0 unspecified atom stereocenters. The zero-order valence-electron chi connectivity index (χ0n) is 18.3. The summed E-state index contributed by atoms with van der Waals surface area (Å²) in [6.07, 6.45) is -4.68. The molecule has 0 spiro atoms. The normalized spacial score (nSPS) is 25.2. The van der Waals surface area contributed by atoms with Gasteiger partial charge in [-0.15, -0.1) is 0 Å². The van der Waals surface area contributed by atoms with E-state index in [4.69, 9.17) is 27.9 Å². The van der Waals surface area contributed by atoms with Gasteiger partial charge in [-0.1, -0.05) is 36.4 Å². The Morgan fingerprint density at radius 2 is 1.44 bits per heavy atom. The molecule has 4 atom stereocenters. The van der Waals surface area contributed by atoms with E-state index in [0.29, 0.717) is 5.56 Å². The molecule has 2 aromatic carbocycles. The fourth-order valence-electron chi connectivity index (χ4n) is 3.71. The first-order valence-electron chi connectivity index (χ1n) is 10.6. The first-order chi connectivity index (χ1) is 16.3. The monoisotopic (exact) mass is 492 g/mol. The average Bonchev–Trinajstić information content (AvgIpc) is 3.47. The van der Waals surface area contributed by atoms with Crippen LogP contribution in [0.2, 0.25) is 0 Å². The van der Waals surface area contributed by atoms with E-state index in [0.717, 1.165) is 6.26 Å². The highest BCUT2D eigenvalue weighted by Crippen LogP contribution is 2.33. The van der Waals surface area contributed by atoms with E-state index < -0.39 is 52.8 Å². The van der Waals surface area contributed by atoms with Gasteiger partial charge in [0.15, 0.2) is 12.4 Å². The van der Waals surface area contributed by atoms with Gasteiger partial charge in [0, 0.05) is 0 Å². The maximum atomic E-state index is 12.8. The third-order valence-corrected chi connectivity index (χ3v) is 5.76. The third kappa shape index (κ3) is 5.99. The smallest absolute Gasteiger partial charge is 0.338 e. The Kier molecular flexibility index (Phi) is 7.59. The van der Waals surface area contributed by atoms with Crippen LogP contribution in [0, 0.1) is 0 Å². The second-order valence-corrected chi connectivity index (χ2v) is 9.32. The minimum Gasteiger partial charge on any atom is -0.459 e. The topological polar surface area (TPSA) is 124 Å². The maximum Gasteiger partial charge on any atom is 0.338 e. The molecule has 2 heterocycles. The molecule has 11 heteroatoms. The molecule has 0 bridgehead atoms. The first kappa shape index (κ1) is 24.3. The van der Waals surface area contributed by atoms with Crippen molar-refractivity contribution in [3.8, 4) is 0 Å². The van der Waals surface area contributed by atoms with Gasteiger partial charge in [-0.3, -0.25) is 4.18 Å². The number of hydrogen-bond donors (Lipinski definition) is 0. The molecular weight excluding hydrogens is 468 g/mol. The van der Waals surface area contributed by atoms with Crippen molar-refractivity contribution in [1.82, 2.24) is 0 Å². The molecule has 0 N–H and O–H groups in total. The predicted molar refractivity (Wildman–Crippen MR) is 116 cm³/mol. The van der Waals surface area contributed by atoms with Gasteiger partial charge in [0.2, 0.25) is 0 Å². The lowest BCUT2D eigenvalue weighted by Crippen LogP contribution is -2.44. The molecule has 0 saturated carbocycles. The molecule has 0 radical (unpaired) electrons. The molecule has 0 aromatic heterocycles. The number of hydrogen-bond acceptors (Lipinski definition) is 10. The average molecular weight is 493 g/mol. The van der Waals surface area contributed by atoms with Crippen molar-refractivity contribution >= 4 is 22.1 Å². The number of carbonyl (C=O) groups is 2. The van der Waals surface area contributed by atoms with Gasteiger partial charge in [0.25, 0.3) is 10.1 Å². The molecule has 2 aromatic rings. The molecular formula is C23H24O10S. The van der Waals surface area contributed by atoms with Crippen molar-refractivity contribution < 1.29 is 45.9 Å². The van der Waals surface area contributed by atoms with Crippen LogP contribution in [0.1, 0.15) is 20.7 Å². The van der Waals surface area contributed by atoms with Crippen LogP contribution in [-0.2, 0) is 38.0 Å². The van der Waals surface area contributed by atoms with Crippen LogP contribution in [0.3, 0.4) is 0 Å². The Morgan fingerprint density at radius 3 is 2.00 bits per heavy atom. The Balaban J connectivity index is 1.58. The summed E-state index contributed by atoms with van der Waals surface area (Å²) < 4.78 is 57.3. The second-order valence-electron chi connectivity index (χ2n) is 7.71. The van der Waals surface area contributed by atoms with Crippen LogP contribution in [-0.4, -0.2) is 77.1 Å². The summed E-state index contributed by atoms with van der Waals surface area (Å²) in [7, 11) is -3.99. The van der Waals surface area contributed by atoms with E-state index in [1.165, 1.54) is 0 Å². The lowest BCUT2D eigenvalue weighted by molar-refractivity contribution is -0.157. The highest BCUT2D eigenvalue weighted by molar-refractivity contribution is 7.86. The molecule has 182 valence electrons. The van der Waals surface area contributed by atoms with Gasteiger partial charge in [-0.2, -0.15) is 8.42 Å². The summed E-state index contributed by atoms with van der Waals surface area (Å²) >= 11 is 0. The minimum atomic E-state index is -3.99. The van der Waals surface area contributed by atoms with Gasteiger partial charge in [0.1, 0.15) is 24.9 Å². The molecule has 2 fully saturated rings. The number of carbonyl (C=O) groups excluding carboxylic acids is 2. The molecule has 0 aliphatic carbocycles. The van der Waals surface area contributed by atoms with Crippen molar-refractivity contribution in [3.63, 3.8) is 0 Å². The lowest BCUT2D eigenvalue weighted by atomic mass is 10.1. The van der Waals surface area contributed by atoms with Crippen molar-refractivity contribution in [3.05, 3.63) is 71.8 Å². The van der Waals surface area contributed by atoms with Crippen LogP contribution >= 0.6 is 0 Å². The Labute approximate surface area is 196 Å². The van der Waals surface area contributed by atoms with Gasteiger partial charge >= 0.3 is 11.9 Å². The fourth-order valence-corrected chi connectivity index (χ4v) is 4.33. The van der Waals surface area contributed by atoms with E-state index >= 15 is 0 Å². The first-order valence-corrected chi connectivity index (χ1v) is 12.4. The summed E-state index contributed by atoms with van der Waals surface area (Å²) in [5.41, 5.74) is 0.568. The number of rotatable bonds is 8. The Morgan fingerprint density at radius 1 is 0.882 bits per heavy atom. The standard InChI is InChI=1S/C23H24O10S/c1-34(26,27)33-19-18(32-22(25)16-10-6-3-7-11-16)17(31-20(19)23-28-12-13-29-23)14-30-21(24)15-8-4-2-5-9-15/h2-11,17-20,23H,12-14H2,1H3/t17-,18-,19-,20-/m1/s1. The maximum absolute atomic E-state index is 12.8. The highest BCUT2D eigenvalue weighted by atomic mass is 32.2. The Hall–Kier alpha value is -2.83. The summed E-state index contributed by atoms with van der Waals surface area (Å²) in [5.74, 6) is -1.33. The molecule has 34 heavy (non-hydrogen) atoms. The summed E-state index contributed by atoms with van der Waals surface area (Å²) in [4.78, 5) is 25.2. The van der Waals surface area contributed by atoms with Crippen LogP contribution in [0.5, 0.6) is 0 Å². The van der Waals surface area contributed by atoms with Gasteiger partial charge in [-0.25, -0.2) is 9.59 Å². The van der Waals surface area contributed by atoms with E-state index in [9.17, 15) is 18.0 Å². The lowest BCUT2D eigenvalue weighted by Gasteiger charge is -2.25. The fraction of sp³-hybridized carbons (Fsp3) is 0.391. The predicted octanol–water partition coefficient (Wildman–Crippen LogP) is 1.55. The van der Waals surface area contributed by atoms with Crippen molar-refractivity contribution in [2.45, 2.75) is 30.7 Å². The van der Waals surface area contributed by atoms with Crippen LogP contribution < -0.4 is 0 Å². The second kappa shape index (κ2) is 10.6. The number of ether oxygens (including phenoxy) is 5. The quantitative estimate of drug-likeness (QED) is 0.396. The molecule has 0 amide bonds. The van der Waals surface area contributed by atoms with E-state index in [1.54, 1.807) is 60.7 Å². The van der Waals surface area contributed by atoms with E-state index in [-0.39, 0.29) is 25.4 Å². The van der Waals surface area contributed by atoms with Gasteiger partial charge in [-0.05, 0) is 24.3 Å². The van der Waals surface area contributed by atoms with Crippen molar-refractivity contribution in [1.29, 1.82) is 0 Å². The largest absolute Gasteiger partial charge is 0.459 e. The zero-order chi connectivity index (χ0) is 24.1. The SMILES string of the molecule is CS(=O)(=O)O[C@@H]1[C@H](OC(=O)c2ccccc2)[C@@H](COC(=O)c2ccccc2)O[C@H]1C1OCCO1. The minimum absolute atomic E-state index is 0.248. The molecule has 2 aliphatic rings. The van der Waals surface area contributed by atoms with Crippen molar-refractivity contribution in [2.75, 3.05) is 26.1 Å². The number of esters is 2. The summed E-state index contributed by atoms with van der Waals surface area (Å²) in [5, 5.41) is 0. The highest BCUT2D eigenvalue weighted by Gasteiger charge is 2.54. The summed E-state index contributed by atoms with van der Waals surface area (Å²) in [6.45, 7) is 0.226. The van der Waals surface area contributed by atoms with E-state index in [2.05, 4.69) is 0 Å². The zero-order valence-corrected chi connectivity index (χ0v) is 19.1.